The van der Waals surface area contributed by atoms with Gasteiger partial charge in [0.15, 0.2) is 0 Å². The van der Waals surface area contributed by atoms with Gasteiger partial charge in [0.2, 0.25) is 0 Å². The second-order valence-corrected chi connectivity index (χ2v) is 5.86. The molecule has 1 N–H and O–H groups in total. The average molecular weight is 282 g/mol. The van der Waals surface area contributed by atoms with Crippen molar-refractivity contribution in [3.8, 4) is 0 Å². The molecule has 3 atom stereocenters. The second kappa shape index (κ2) is 7.28. The molecule has 0 saturated heterocycles. The van der Waals surface area contributed by atoms with E-state index < -0.39 is 0 Å². The van der Waals surface area contributed by atoms with Gasteiger partial charge in [-0.25, -0.2) is 0 Å². The Bertz CT molecular complexity index is 379. The summed E-state index contributed by atoms with van der Waals surface area (Å²) in [6, 6.07) is 9.25. The lowest BCUT2D eigenvalue weighted by Gasteiger charge is -2.23. The van der Waals surface area contributed by atoms with Gasteiger partial charge in [0.25, 0.3) is 0 Å². The van der Waals surface area contributed by atoms with E-state index in [4.69, 9.17) is 16.3 Å². The van der Waals surface area contributed by atoms with Crippen molar-refractivity contribution >= 4 is 11.6 Å². The minimum Gasteiger partial charge on any atom is -0.381 e. The summed E-state index contributed by atoms with van der Waals surface area (Å²) in [5.74, 6) is 0. The van der Waals surface area contributed by atoms with Gasteiger partial charge in [-0.15, -0.1) is 0 Å². The maximum Gasteiger partial charge on any atom is 0.0586 e. The third-order valence-electron chi connectivity index (χ3n) is 4.00. The molecule has 2 nitrogen and oxygen atoms in total. The van der Waals surface area contributed by atoms with Crippen LogP contribution >= 0.6 is 11.6 Å². The topological polar surface area (TPSA) is 21.3 Å². The first-order chi connectivity index (χ1) is 9.22. The van der Waals surface area contributed by atoms with Crippen LogP contribution < -0.4 is 5.32 Å². The van der Waals surface area contributed by atoms with E-state index in [1.807, 2.05) is 19.2 Å². The van der Waals surface area contributed by atoms with E-state index >= 15 is 0 Å². The van der Waals surface area contributed by atoms with Gasteiger partial charge >= 0.3 is 0 Å². The zero-order chi connectivity index (χ0) is 13.7. The summed E-state index contributed by atoms with van der Waals surface area (Å²) in [5, 5.41) is 4.60. The van der Waals surface area contributed by atoms with E-state index in [-0.39, 0.29) is 0 Å². The van der Waals surface area contributed by atoms with Crippen molar-refractivity contribution in [3.63, 3.8) is 0 Å². The number of methoxy groups -OCH3 is 1. The van der Waals surface area contributed by atoms with Crippen LogP contribution in [0.3, 0.4) is 0 Å². The minimum atomic E-state index is 0.433. The van der Waals surface area contributed by atoms with E-state index in [1.54, 1.807) is 0 Å². The first-order valence-electron chi connectivity index (χ1n) is 7.27. The molecule has 19 heavy (non-hydrogen) atoms. The zero-order valence-electron chi connectivity index (χ0n) is 11.9. The molecule has 1 aromatic rings. The van der Waals surface area contributed by atoms with E-state index in [0.717, 1.165) is 17.9 Å². The van der Waals surface area contributed by atoms with Crippen molar-refractivity contribution in [2.45, 2.75) is 57.2 Å². The van der Waals surface area contributed by atoms with E-state index in [1.165, 1.54) is 24.8 Å². The summed E-state index contributed by atoms with van der Waals surface area (Å²) < 4.78 is 5.45. The number of halogens is 1. The molecule has 1 saturated carbocycles. The normalized spacial score (nSPS) is 24.6. The Kier molecular flexibility index (Phi) is 5.68. The monoisotopic (exact) mass is 281 g/mol. The molecule has 1 fully saturated rings. The van der Waals surface area contributed by atoms with Crippen molar-refractivity contribution in [1.82, 2.24) is 5.32 Å². The number of benzene rings is 1. The summed E-state index contributed by atoms with van der Waals surface area (Å²) in [4.78, 5) is 0. The third-order valence-corrected chi connectivity index (χ3v) is 4.26. The summed E-state index contributed by atoms with van der Waals surface area (Å²) >= 11 is 5.96. The Labute approximate surface area is 121 Å². The van der Waals surface area contributed by atoms with Crippen LogP contribution in [0, 0.1) is 0 Å². The molecule has 0 bridgehead atoms. The van der Waals surface area contributed by atoms with Gasteiger partial charge in [0, 0.05) is 24.2 Å². The van der Waals surface area contributed by atoms with Crippen molar-refractivity contribution in [2.75, 3.05) is 7.11 Å². The smallest absolute Gasteiger partial charge is 0.0586 e. The highest BCUT2D eigenvalue weighted by Gasteiger charge is 2.26. The summed E-state index contributed by atoms with van der Waals surface area (Å²) in [7, 11) is 1.82. The van der Waals surface area contributed by atoms with Crippen LogP contribution in [0.25, 0.3) is 0 Å². The molecule has 1 aliphatic rings. The summed E-state index contributed by atoms with van der Waals surface area (Å²) in [6.07, 6.45) is 6.30. The zero-order valence-corrected chi connectivity index (χ0v) is 12.6. The number of ether oxygens (including phenoxy) is 1. The Morgan fingerprint density at radius 3 is 2.63 bits per heavy atom. The Morgan fingerprint density at radius 2 is 2.05 bits per heavy atom. The molecule has 106 valence electrons. The first kappa shape index (κ1) is 14.8. The van der Waals surface area contributed by atoms with E-state index in [2.05, 4.69) is 24.4 Å². The number of nitrogens with one attached hydrogen (secondary N) is 1. The highest BCUT2D eigenvalue weighted by atomic mass is 35.5. The molecule has 0 spiro atoms. The SMILES string of the molecule is CCCC(NC1CCC(OC)C1)c1ccc(Cl)cc1. The third kappa shape index (κ3) is 4.20. The molecular weight excluding hydrogens is 258 g/mol. The molecule has 2 rings (SSSR count). The maximum absolute atomic E-state index is 5.96. The fraction of sp³-hybridized carbons (Fsp3) is 0.625. The van der Waals surface area contributed by atoms with Crippen LogP contribution in [0.4, 0.5) is 0 Å². The number of hydrogen-bond acceptors (Lipinski definition) is 2. The van der Waals surface area contributed by atoms with Gasteiger partial charge < -0.3 is 10.1 Å². The Hall–Kier alpha value is -0.570. The lowest BCUT2D eigenvalue weighted by molar-refractivity contribution is 0.106. The van der Waals surface area contributed by atoms with Crippen LogP contribution in [-0.2, 0) is 4.74 Å². The summed E-state index contributed by atoms with van der Waals surface area (Å²) in [6.45, 7) is 2.23. The fourth-order valence-corrected chi connectivity index (χ4v) is 3.05. The lowest BCUT2D eigenvalue weighted by atomic mass is 10.0. The van der Waals surface area contributed by atoms with Crippen molar-refractivity contribution in [2.24, 2.45) is 0 Å². The molecule has 3 unspecified atom stereocenters. The van der Waals surface area contributed by atoms with Gasteiger partial charge in [-0.05, 0) is 43.4 Å². The highest BCUT2D eigenvalue weighted by Crippen LogP contribution is 2.27. The maximum atomic E-state index is 5.96. The molecule has 0 aromatic heterocycles. The van der Waals surface area contributed by atoms with Crippen molar-refractivity contribution in [3.05, 3.63) is 34.9 Å². The largest absolute Gasteiger partial charge is 0.381 e. The van der Waals surface area contributed by atoms with E-state index in [9.17, 15) is 0 Å². The van der Waals surface area contributed by atoms with Crippen LogP contribution in [0.1, 0.15) is 50.6 Å². The van der Waals surface area contributed by atoms with E-state index in [0.29, 0.717) is 18.2 Å². The quantitative estimate of drug-likeness (QED) is 0.838. The predicted molar refractivity (Wildman–Crippen MR) is 80.7 cm³/mol. The number of hydrogen-bond donors (Lipinski definition) is 1. The highest BCUT2D eigenvalue weighted by molar-refractivity contribution is 6.30. The summed E-state index contributed by atoms with van der Waals surface area (Å²) in [5.41, 5.74) is 1.34. The number of rotatable bonds is 6. The molecular formula is C16H24ClNO. The van der Waals surface area contributed by atoms with Gasteiger partial charge in [-0.3, -0.25) is 0 Å². The predicted octanol–water partition coefficient (Wildman–Crippen LogP) is 4.34. The van der Waals surface area contributed by atoms with Crippen LogP contribution in [-0.4, -0.2) is 19.3 Å². The molecule has 0 aliphatic heterocycles. The second-order valence-electron chi connectivity index (χ2n) is 5.43. The first-order valence-corrected chi connectivity index (χ1v) is 7.65. The average Bonchev–Trinajstić information content (AvgIpc) is 2.87. The van der Waals surface area contributed by atoms with Crippen molar-refractivity contribution in [1.29, 1.82) is 0 Å². The molecule has 0 radical (unpaired) electrons. The van der Waals surface area contributed by atoms with Crippen molar-refractivity contribution < 1.29 is 4.74 Å². The van der Waals surface area contributed by atoms with Crippen LogP contribution in [0.5, 0.6) is 0 Å². The Balaban J connectivity index is 1.98. The van der Waals surface area contributed by atoms with Gasteiger partial charge in [0.05, 0.1) is 6.10 Å². The Morgan fingerprint density at radius 1 is 1.32 bits per heavy atom. The molecule has 0 heterocycles. The van der Waals surface area contributed by atoms with Crippen LogP contribution in [0.15, 0.2) is 24.3 Å². The molecule has 1 aromatic carbocycles. The van der Waals surface area contributed by atoms with Crippen LogP contribution in [0.2, 0.25) is 5.02 Å². The molecule has 1 aliphatic carbocycles. The molecule has 0 amide bonds. The lowest BCUT2D eigenvalue weighted by Crippen LogP contribution is -2.31. The standard InChI is InChI=1S/C16H24ClNO/c1-3-4-16(12-5-7-13(17)8-6-12)18-14-9-10-15(11-14)19-2/h5-8,14-16,18H,3-4,9-11H2,1-2H3. The fourth-order valence-electron chi connectivity index (χ4n) is 2.92. The van der Waals surface area contributed by atoms with Gasteiger partial charge in [-0.1, -0.05) is 37.1 Å². The van der Waals surface area contributed by atoms with Gasteiger partial charge in [-0.2, -0.15) is 0 Å². The molecule has 3 heteroatoms. The minimum absolute atomic E-state index is 0.433. The van der Waals surface area contributed by atoms with Gasteiger partial charge in [0.1, 0.15) is 0 Å².